The summed E-state index contributed by atoms with van der Waals surface area (Å²) in [6.45, 7) is 6.42. The lowest BCUT2D eigenvalue weighted by Gasteiger charge is -2.15. The van der Waals surface area contributed by atoms with Gasteiger partial charge in [-0.1, -0.05) is 13.8 Å². The maximum atomic E-state index is 12.4. The van der Waals surface area contributed by atoms with Crippen LogP contribution in [-0.2, 0) is 17.6 Å². The fraction of sp³-hybridized carbons (Fsp3) is 0.412. The van der Waals surface area contributed by atoms with E-state index in [1.54, 1.807) is 25.4 Å². The molecule has 3 rings (SSSR count). The van der Waals surface area contributed by atoms with Crippen molar-refractivity contribution in [1.29, 1.82) is 0 Å². The van der Waals surface area contributed by atoms with Crippen molar-refractivity contribution in [3.8, 4) is 5.75 Å². The first-order valence-electron chi connectivity index (χ1n) is 7.22. The Morgan fingerprint density at radius 1 is 1.33 bits per heavy atom. The summed E-state index contributed by atoms with van der Waals surface area (Å²) < 4.78 is 5.23. The van der Waals surface area contributed by atoms with Gasteiger partial charge in [-0.15, -0.1) is 0 Å². The first-order valence-corrected chi connectivity index (χ1v) is 7.22. The molecular formula is C17H19NO3. The number of rotatable bonds is 2. The normalized spacial score (nSPS) is 16.0. The molecule has 0 aliphatic heterocycles. The van der Waals surface area contributed by atoms with E-state index in [2.05, 4.69) is 18.8 Å². The lowest BCUT2D eigenvalue weighted by atomic mass is 9.90. The fourth-order valence-electron chi connectivity index (χ4n) is 3.26. The van der Waals surface area contributed by atoms with Crippen LogP contribution in [0.25, 0.3) is 10.8 Å². The Morgan fingerprint density at radius 3 is 2.76 bits per heavy atom. The highest BCUT2D eigenvalue weighted by Crippen LogP contribution is 2.46. The van der Waals surface area contributed by atoms with Crippen LogP contribution in [0.15, 0.2) is 18.5 Å². The van der Waals surface area contributed by atoms with Gasteiger partial charge in [0.05, 0.1) is 12.2 Å². The Kier molecular flexibility index (Phi) is 3.12. The van der Waals surface area contributed by atoms with E-state index in [0.29, 0.717) is 17.6 Å². The molecule has 21 heavy (non-hydrogen) atoms. The third-order valence-corrected chi connectivity index (χ3v) is 4.09. The summed E-state index contributed by atoms with van der Waals surface area (Å²) in [6.07, 6.45) is 4.77. The topological polar surface area (TPSA) is 59.4 Å². The Bertz CT molecular complexity index is 734. The molecule has 1 aliphatic carbocycles. The molecule has 4 nitrogen and oxygen atoms in total. The number of phenols is 1. The van der Waals surface area contributed by atoms with Crippen molar-refractivity contribution < 1.29 is 14.6 Å². The molecule has 0 fully saturated rings. The molecule has 0 amide bonds. The van der Waals surface area contributed by atoms with Gasteiger partial charge in [0.1, 0.15) is 5.75 Å². The minimum atomic E-state index is -0.317. The minimum Gasteiger partial charge on any atom is -0.507 e. The SMILES string of the molecule is CCOC(=O)c1c2c(c(O)c3cnccc13)CC(C)(C)C2. The lowest BCUT2D eigenvalue weighted by molar-refractivity contribution is 0.0527. The van der Waals surface area contributed by atoms with Gasteiger partial charge in [-0.3, -0.25) is 4.98 Å². The van der Waals surface area contributed by atoms with Crippen molar-refractivity contribution in [3.05, 3.63) is 35.2 Å². The second-order valence-electron chi connectivity index (χ2n) is 6.34. The average molecular weight is 285 g/mol. The van der Waals surface area contributed by atoms with Crippen LogP contribution in [0, 0.1) is 5.41 Å². The molecule has 4 heteroatoms. The number of carbonyl (C=O) groups excluding carboxylic acids is 1. The predicted molar refractivity (Wildman–Crippen MR) is 80.6 cm³/mol. The summed E-state index contributed by atoms with van der Waals surface area (Å²) in [7, 11) is 0. The molecule has 110 valence electrons. The van der Waals surface area contributed by atoms with Crippen molar-refractivity contribution in [3.63, 3.8) is 0 Å². The number of hydrogen-bond donors (Lipinski definition) is 1. The van der Waals surface area contributed by atoms with Crippen LogP contribution in [0.1, 0.15) is 42.3 Å². The summed E-state index contributed by atoms with van der Waals surface area (Å²) in [5, 5.41) is 11.9. The first kappa shape index (κ1) is 13.9. The minimum absolute atomic E-state index is 0.0336. The van der Waals surface area contributed by atoms with Crippen molar-refractivity contribution in [2.24, 2.45) is 5.41 Å². The Hall–Kier alpha value is -2.10. The molecule has 1 heterocycles. The smallest absolute Gasteiger partial charge is 0.339 e. The monoisotopic (exact) mass is 285 g/mol. The number of ether oxygens (including phenoxy) is 1. The summed E-state index contributed by atoms with van der Waals surface area (Å²) in [5.74, 6) is -0.0608. The van der Waals surface area contributed by atoms with Crippen LogP contribution < -0.4 is 0 Å². The van der Waals surface area contributed by atoms with E-state index in [9.17, 15) is 9.90 Å². The molecule has 1 aromatic carbocycles. The second-order valence-corrected chi connectivity index (χ2v) is 6.34. The zero-order chi connectivity index (χ0) is 15.2. The van der Waals surface area contributed by atoms with Gasteiger partial charge >= 0.3 is 5.97 Å². The molecule has 0 saturated heterocycles. The van der Waals surface area contributed by atoms with Gasteiger partial charge in [0.25, 0.3) is 0 Å². The van der Waals surface area contributed by atoms with E-state index in [4.69, 9.17) is 4.74 Å². The molecule has 1 aromatic heterocycles. The molecule has 0 saturated carbocycles. The van der Waals surface area contributed by atoms with Gasteiger partial charge in [-0.25, -0.2) is 4.79 Å². The van der Waals surface area contributed by atoms with E-state index in [1.807, 2.05) is 0 Å². The summed E-state index contributed by atoms with van der Waals surface area (Å²) in [5.41, 5.74) is 2.41. The molecule has 0 bridgehead atoms. The standard InChI is InChI=1S/C17H19NO3/c1-4-21-16(20)14-10-5-6-18-9-13(10)15(19)12-8-17(2,3)7-11(12)14/h5-6,9,19H,4,7-8H2,1-3H3. The summed E-state index contributed by atoms with van der Waals surface area (Å²) >= 11 is 0. The number of benzene rings is 1. The molecule has 0 unspecified atom stereocenters. The van der Waals surface area contributed by atoms with Gasteiger partial charge in [-0.2, -0.15) is 0 Å². The average Bonchev–Trinajstić information content (AvgIpc) is 2.75. The Labute approximate surface area is 123 Å². The van der Waals surface area contributed by atoms with Gasteiger partial charge in [-0.05, 0) is 42.4 Å². The zero-order valence-electron chi connectivity index (χ0n) is 12.6. The second kappa shape index (κ2) is 4.72. The number of phenolic OH excluding ortho intramolecular Hbond substituents is 1. The highest BCUT2D eigenvalue weighted by molar-refractivity contribution is 6.08. The maximum absolute atomic E-state index is 12.4. The highest BCUT2D eigenvalue weighted by atomic mass is 16.5. The van der Waals surface area contributed by atoms with Crippen LogP contribution in [0.5, 0.6) is 5.75 Å². The molecular weight excluding hydrogens is 266 g/mol. The Balaban J connectivity index is 2.35. The van der Waals surface area contributed by atoms with E-state index < -0.39 is 0 Å². The van der Waals surface area contributed by atoms with Gasteiger partial charge in [0.2, 0.25) is 0 Å². The largest absolute Gasteiger partial charge is 0.507 e. The number of aromatic hydroxyl groups is 1. The number of hydrogen-bond acceptors (Lipinski definition) is 4. The van der Waals surface area contributed by atoms with Crippen LogP contribution in [0.2, 0.25) is 0 Å². The van der Waals surface area contributed by atoms with Crippen molar-refractivity contribution >= 4 is 16.7 Å². The molecule has 0 atom stereocenters. The molecule has 1 N–H and O–H groups in total. The lowest BCUT2D eigenvalue weighted by Crippen LogP contribution is -2.12. The quantitative estimate of drug-likeness (QED) is 0.860. The van der Waals surface area contributed by atoms with Gasteiger partial charge in [0, 0.05) is 23.2 Å². The van der Waals surface area contributed by atoms with Gasteiger partial charge < -0.3 is 9.84 Å². The number of nitrogens with zero attached hydrogens (tertiary/aromatic N) is 1. The number of carbonyl (C=O) groups is 1. The van der Waals surface area contributed by atoms with E-state index in [1.165, 1.54) is 0 Å². The molecule has 0 spiro atoms. The Morgan fingerprint density at radius 2 is 2.05 bits per heavy atom. The number of aromatic nitrogens is 1. The van der Waals surface area contributed by atoms with Crippen LogP contribution in [0.4, 0.5) is 0 Å². The van der Waals surface area contributed by atoms with Crippen LogP contribution >= 0.6 is 0 Å². The van der Waals surface area contributed by atoms with E-state index in [0.717, 1.165) is 29.4 Å². The van der Waals surface area contributed by atoms with Crippen LogP contribution in [-0.4, -0.2) is 22.7 Å². The number of pyridine rings is 1. The third kappa shape index (κ3) is 2.15. The summed E-state index contributed by atoms with van der Waals surface area (Å²) in [6, 6.07) is 1.77. The highest BCUT2D eigenvalue weighted by Gasteiger charge is 2.35. The molecule has 1 aliphatic rings. The molecule has 0 radical (unpaired) electrons. The van der Waals surface area contributed by atoms with Crippen molar-refractivity contribution in [1.82, 2.24) is 4.98 Å². The number of fused-ring (bicyclic) bond motifs is 2. The summed E-state index contributed by atoms with van der Waals surface area (Å²) in [4.78, 5) is 16.5. The van der Waals surface area contributed by atoms with E-state index >= 15 is 0 Å². The van der Waals surface area contributed by atoms with Crippen LogP contribution in [0.3, 0.4) is 0 Å². The zero-order valence-corrected chi connectivity index (χ0v) is 12.6. The van der Waals surface area contributed by atoms with Crippen molar-refractivity contribution in [2.75, 3.05) is 6.61 Å². The third-order valence-electron chi connectivity index (χ3n) is 4.09. The molecule has 2 aromatic rings. The predicted octanol–water partition coefficient (Wildman–Crippen LogP) is 3.24. The number of esters is 1. The van der Waals surface area contributed by atoms with Gasteiger partial charge in [0.15, 0.2) is 0 Å². The van der Waals surface area contributed by atoms with E-state index in [-0.39, 0.29) is 17.1 Å². The fourth-order valence-corrected chi connectivity index (χ4v) is 3.26. The first-order chi connectivity index (χ1) is 9.94. The van der Waals surface area contributed by atoms with Crippen molar-refractivity contribution in [2.45, 2.75) is 33.6 Å². The maximum Gasteiger partial charge on any atom is 0.339 e.